The van der Waals surface area contributed by atoms with Crippen LogP contribution in [0.1, 0.15) is 55.6 Å². The lowest BCUT2D eigenvalue weighted by molar-refractivity contribution is -0.0500. The molecule has 0 atom stereocenters. The van der Waals surface area contributed by atoms with Gasteiger partial charge in [0.15, 0.2) is 14.6 Å². The van der Waals surface area contributed by atoms with Crippen LogP contribution in [-0.2, 0) is 10.1 Å². The van der Waals surface area contributed by atoms with Gasteiger partial charge in [0.2, 0.25) is 0 Å². The minimum absolute atomic E-state index is 0.368. The second kappa shape index (κ2) is 27.4. The summed E-state index contributed by atoms with van der Waals surface area (Å²) < 4.78 is 65.2. The molecule has 2 N–H and O–H groups in total. The molecular weight excluding hydrogens is 1080 g/mol. The lowest BCUT2D eigenvalue weighted by Gasteiger charge is -2.17. The monoisotopic (exact) mass is 1140 g/mol. The van der Waals surface area contributed by atoms with Gasteiger partial charge in [-0.3, -0.25) is 0 Å². The van der Waals surface area contributed by atoms with Crippen LogP contribution >= 0.6 is 0 Å². The van der Waals surface area contributed by atoms with Crippen molar-refractivity contribution in [1.82, 2.24) is 0 Å². The van der Waals surface area contributed by atoms with Crippen molar-refractivity contribution in [3.8, 4) is 61.4 Å². The molecule has 0 fully saturated rings. The van der Waals surface area contributed by atoms with Gasteiger partial charge in [-0.2, -0.15) is 21.6 Å². The number of halogens is 3. The van der Waals surface area contributed by atoms with E-state index < -0.39 is 22.7 Å². The molecule has 2 radical (unpaired) electrons. The Hall–Kier alpha value is -8.67. The molecule has 0 saturated heterocycles. The molecule has 12 heteroatoms. The minimum atomic E-state index is -5.73. The number of hydrogen-bond acceptors (Lipinski definition) is 5. The fourth-order valence-electron chi connectivity index (χ4n) is 10.4. The molecule has 10 aromatic rings. The third-order valence-electron chi connectivity index (χ3n) is 15.0. The molecule has 10 rings (SSSR count). The average Bonchev–Trinajstić information content (AvgIpc) is 2.91. The lowest BCUT2D eigenvalue weighted by Crippen LogP contribution is -2.35. The van der Waals surface area contributed by atoms with Crippen LogP contribution in [0, 0.1) is 55.4 Å². The second-order valence-electron chi connectivity index (χ2n) is 21.3. The van der Waals surface area contributed by atoms with E-state index in [4.69, 9.17) is 10.0 Å². The van der Waals surface area contributed by atoms with Gasteiger partial charge < -0.3 is 14.2 Å². The van der Waals surface area contributed by atoms with Crippen molar-refractivity contribution in [3.05, 3.63) is 275 Å². The molecule has 0 amide bonds. The summed E-state index contributed by atoms with van der Waals surface area (Å²) in [5, 5.41) is 17.4. The second-order valence-corrected chi connectivity index (χ2v) is 22.8. The summed E-state index contributed by atoms with van der Waals surface area (Å²) >= 11 is 0. The van der Waals surface area contributed by atoms with Gasteiger partial charge >= 0.3 is 22.7 Å². The third-order valence-corrected chi connectivity index (χ3v) is 16.0. The van der Waals surface area contributed by atoms with Crippen LogP contribution in [0.3, 0.4) is 0 Å². The van der Waals surface area contributed by atoms with Gasteiger partial charge in [-0.1, -0.05) is 286 Å². The fraction of sp³-hybridized carbons (Fsp3) is 0.123. The van der Waals surface area contributed by atoms with E-state index in [-0.39, 0.29) is 5.75 Å². The molecule has 0 bridgehead atoms. The zero-order valence-corrected chi connectivity index (χ0v) is 49.9. The third kappa shape index (κ3) is 15.6. The Morgan fingerprint density at radius 2 is 0.635 bits per heavy atom. The Morgan fingerprint density at radius 3 is 0.906 bits per heavy atom. The van der Waals surface area contributed by atoms with Crippen molar-refractivity contribution in [2.45, 2.75) is 60.9 Å². The number of alkyl halides is 3. The van der Waals surface area contributed by atoms with E-state index in [1.165, 1.54) is 78.7 Å². The molecule has 0 aliphatic rings. The first kappa shape index (κ1) is 62.4. The van der Waals surface area contributed by atoms with Crippen molar-refractivity contribution in [2.75, 3.05) is 0 Å². The van der Waals surface area contributed by atoms with Crippen LogP contribution in [0.2, 0.25) is 0 Å². The molecule has 0 aromatic heterocycles. The molecule has 424 valence electrons. The largest absolute Gasteiger partial charge is 0.534 e. The number of aryl methyl sites for hydroxylation is 8. The van der Waals surface area contributed by atoms with E-state index in [0.717, 1.165) is 55.4 Å². The molecular formula is C73H66B3F3O5S. The zero-order valence-electron chi connectivity index (χ0n) is 49.1. The Labute approximate surface area is 501 Å². The summed E-state index contributed by atoms with van der Waals surface area (Å²) in [6.45, 7) is 23.8. The Kier molecular flexibility index (Phi) is 20.1. The Bertz CT molecular complexity index is 4000. The Morgan fingerprint density at radius 1 is 0.388 bits per heavy atom. The van der Waals surface area contributed by atoms with Crippen LogP contribution in [-0.4, -0.2) is 45.7 Å². The molecule has 10 aromatic carbocycles. The van der Waals surface area contributed by atoms with Crippen molar-refractivity contribution in [2.24, 2.45) is 0 Å². The van der Waals surface area contributed by atoms with Crippen molar-refractivity contribution in [1.29, 1.82) is 0 Å². The molecule has 5 nitrogen and oxygen atoms in total. The predicted octanol–water partition coefficient (Wildman–Crippen LogP) is 14.4. The summed E-state index contributed by atoms with van der Waals surface area (Å²) in [6, 6.07) is 69.5. The standard InChI is InChI=1S/C36H32B.C29H25BF3O3S.C8H9BO2/c1-6-28-12-14-31(15-13-28)33-20-24(2)35(25(3)21-33)37-36-26(4)22-34(23-27(36)5)32-18-16-30(17-19-32)29-10-8-7-9-11-29;1-18-14-25(24-12-10-23(11-13-24)22-8-6-5-7-9-22)15-19(2)27(18)30-28-20(3)16-26(17-21(28)4)36-37(34,35)29(31,32)33;1-2-7-3-5-8(6-4-7)9(10)11/h6-23H,1H2,2-5H3;5-17H,1-4H3;2-6,10-11H,1H2. The molecule has 0 spiro atoms. The van der Waals surface area contributed by atoms with Gasteiger partial charge in [-0.25, -0.2) is 0 Å². The van der Waals surface area contributed by atoms with Crippen molar-refractivity contribution in [3.63, 3.8) is 0 Å². The van der Waals surface area contributed by atoms with Gasteiger partial charge in [0.25, 0.3) is 0 Å². The summed E-state index contributed by atoms with van der Waals surface area (Å²) in [4.78, 5) is 0. The van der Waals surface area contributed by atoms with Gasteiger partial charge in [0.1, 0.15) is 5.75 Å². The zero-order chi connectivity index (χ0) is 61.2. The van der Waals surface area contributed by atoms with Crippen LogP contribution in [0.15, 0.2) is 219 Å². The summed E-state index contributed by atoms with van der Waals surface area (Å²) in [5.41, 5.74) is 22.0. The molecule has 0 unspecified atom stereocenters. The van der Waals surface area contributed by atoms with Gasteiger partial charge in [-0.15, -0.1) is 0 Å². The quantitative estimate of drug-likeness (QED) is 0.0644. The fourth-order valence-corrected chi connectivity index (χ4v) is 10.8. The highest BCUT2D eigenvalue weighted by Crippen LogP contribution is 2.31. The molecule has 0 saturated carbocycles. The van der Waals surface area contributed by atoms with Gasteiger partial charge in [-0.05, 0) is 140 Å². The molecule has 85 heavy (non-hydrogen) atoms. The SMILES string of the molecule is C=Cc1ccc(-c2cc(C)c([B]c3c(C)cc(-c4ccc(-c5ccccc5)cc4)cc3C)c(C)c2)cc1.C=Cc1ccc(B(O)O)cc1.Cc1cc(OS(=O)(=O)C(F)(F)F)cc(C)c1[B]c1c(C)cc(-c2ccc(-c3ccccc3)cc2)cc1C. The molecule has 0 heterocycles. The Balaban J connectivity index is 0.000000188. The van der Waals surface area contributed by atoms with E-state index >= 15 is 0 Å². The normalized spacial score (nSPS) is 11.1. The highest BCUT2D eigenvalue weighted by Gasteiger charge is 2.48. The summed E-state index contributed by atoms with van der Waals surface area (Å²) in [5.74, 6) is -0.368. The smallest absolute Gasteiger partial charge is 0.423 e. The molecule has 0 aliphatic heterocycles. The van der Waals surface area contributed by atoms with E-state index in [1.54, 1.807) is 44.2 Å². The number of hydrogen-bond donors (Lipinski definition) is 2. The number of benzene rings is 10. The highest BCUT2D eigenvalue weighted by molar-refractivity contribution is 7.88. The van der Waals surface area contributed by atoms with Crippen LogP contribution in [0.4, 0.5) is 13.2 Å². The van der Waals surface area contributed by atoms with Gasteiger partial charge in [0, 0.05) is 0 Å². The first-order valence-corrected chi connectivity index (χ1v) is 29.2. The highest BCUT2D eigenvalue weighted by atomic mass is 32.2. The van der Waals surface area contributed by atoms with E-state index in [9.17, 15) is 21.6 Å². The van der Waals surface area contributed by atoms with E-state index in [0.29, 0.717) is 16.6 Å². The van der Waals surface area contributed by atoms with Crippen LogP contribution < -0.4 is 31.5 Å². The average molecular weight is 1140 g/mol. The summed E-state index contributed by atoms with van der Waals surface area (Å²) in [7, 11) is -2.77. The van der Waals surface area contributed by atoms with Crippen LogP contribution in [0.5, 0.6) is 5.75 Å². The summed E-state index contributed by atoms with van der Waals surface area (Å²) in [6.07, 6.45) is 3.58. The van der Waals surface area contributed by atoms with Crippen molar-refractivity contribution >= 4 is 71.3 Å². The maximum absolute atomic E-state index is 12.7. The molecule has 0 aliphatic carbocycles. The van der Waals surface area contributed by atoms with E-state index in [2.05, 4.69) is 204 Å². The first-order chi connectivity index (χ1) is 40.5. The maximum atomic E-state index is 12.7. The first-order valence-electron chi connectivity index (χ1n) is 27.8. The predicted molar refractivity (Wildman–Crippen MR) is 353 cm³/mol. The lowest BCUT2D eigenvalue weighted by atomic mass is 9.58. The maximum Gasteiger partial charge on any atom is 0.534 e. The number of rotatable bonds is 14. The van der Waals surface area contributed by atoms with E-state index in [1.807, 2.05) is 45.4 Å². The minimum Gasteiger partial charge on any atom is -0.423 e. The van der Waals surface area contributed by atoms with Gasteiger partial charge in [0.05, 0.1) is 0 Å². The topological polar surface area (TPSA) is 83.8 Å². The van der Waals surface area contributed by atoms with Crippen molar-refractivity contribution < 1.29 is 35.8 Å². The van der Waals surface area contributed by atoms with Crippen LogP contribution in [0.25, 0.3) is 67.8 Å².